The fraction of sp³-hybridized carbons (Fsp3) is 0.333. The van der Waals surface area contributed by atoms with Gasteiger partial charge in [0.05, 0.1) is 6.04 Å². The van der Waals surface area contributed by atoms with Crippen LogP contribution in [-0.4, -0.2) is 0 Å². The second-order valence-corrected chi connectivity index (χ2v) is 6.71. The Morgan fingerprint density at radius 2 is 1.79 bits per heavy atom. The van der Waals surface area contributed by atoms with Gasteiger partial charge in [0.2, 0.25) is 0 Å². The van der Waals surface area contributed by atoms with Crippen molar-refractivity contribution in [3.63, 3.8) is 0 Å². The van der Waals surface area contributed by atoms with Gasteiger partial charge in [-0.05, 0) is 23.6 Å². The lowest BCUT2D eigenvalue weighted by atomic mass is 9.95. The largest absolute Gasteiger partial charge is 0.320 e. The maximum Gasteiger partial charge on any atom is 0.131 e. The highest BCUT2D eigenvalue weighted by molar-refractivity contribution is 7.12. The summed E-state index contributed by atoms with van der Waals surface area (Å²) in [5.41, 5.74) is 6.44. The van der Waals surface area contributed by atoms with Crippen LogP contribution in [0.5, 0.6) is 0 Å². The van der Waals surface area contributed by atoms with Crippen molar-refractivity contribution < 1.29 is 8.78 Å². The Morgan fingerprint density at radius 1 is 1.11 bits per heavy atom. The van der Waals surface area contributed by atoms with Crippen molar-refractivity contribution >= 4 is 11.3 Å². The first-order valence-corrected chi connectivity index (χ1v) is 6.91. The summed E-state index contributed by atoms with van der Waals surface area (Å²) < 4.78 is 26.6. The van der Waals surface area contributed by atoms with Crippen LogP contribution in [0.4, 0.5) is 8.78 Å². The molecule has 0 fully saturated rings. The minimum absolute atomic E-state index is 0.0456. The van der Waals surface area contributed by atoms with Gasteiger partial charge in [-0.25, -0.2) is 8.78 Å². The Kier molecular flexibility index (Phi) is 3.74. The van der Waals surface area contributed by atoms with Crippen LogP contribution < -0.4 is 5.73 Å². The molecule has 102 valence electrons. The zero-order valence-electron chi connectivity index (χ0n) is 11.2. The SMILES string of the molecule is CC(C)(C)c1ccc(C(N)c2ccc(F)cc2F)s1. The van der Waals surface area contributed by atoms with Crippen LogP contribution in [0.1, 0.15) is 42.1 Å². The molecule has 2 rings (SSSR count). The van der Waals surface area contributed by atoms with E-state index in [0.717, 1.165) is 10.9 Å². The van der Waals surface area contributed by atoms with Crippen molar-refractivity contribution in [2.24, 2.45) is 5.73 Å². The maximum atomic E-state index is 13.7. The van der Waals surface area contributed by atoms with Crippen LogP contribution in [0.2, 0.25) is 0 Å². The predicted octanol–water partition coefficient (Wildman–Crippen LogP) is 4.37. The zero-order valence-corrected chi connectivity index (χ0v) is 12.0. The van der Waals surface area contributed by atoms with Gasteiger partial charge in [0, 0.05) is 21.4 Å². The van der Waals surface area contributed by atoms with Crippen LogP contribution in [0.15, 0.2) is 30.3 Å². The van der Waals surface area contributed by atoms with Crippen molar-refractivity contribution in [3.8, 4) is 0 Å². The average Bonchev–Trinajstić information content (AvgIpc) is 2.76. The minimum atomic E-state index is -0.599. The molecule has 0 saturated heterocycles. The molecule has 4 heteroatoms. The molecule has 1 nitrogen and oxygen atoms in total. The van der Waals surface area contributed by atoms with Crippen LogP contribution in [0, 0.1) is 11.6 Å². The number of hydrogen-bond donors (Lipinski definition) is 1. The van der Waals surface area contributed by atoms with Crippen molar-refractivity contribution in [1.82, 2.24) is 0 Å². The Hall–Kier alpha value is -1.26. The first kappa shape index (κ1) is 14.2. The number of thiophene rings is 1. The Labute approximate surface area is 116 Å². The third kappa shape index (κ3) is 3.01. The molecule has 0 amide bonds. The Morgan fingerprint density at radius 3 is 2.32 bits per heavy atom. The highest BCUT2D eigenvalue weighted by Gasteiger charge is 2.20. The molecular weight excluding hydrogens is 264 g/mol. The second-order valence-electron chi connectivity index (χ2n) is 5.60. The highest BCUT2D eigenvalue weighted by atomic mass is 32.1. The molecule has 0 bridgehead atoms. The van der Waals surface area contributed by atoms with Crippen LogP contribution in [0.3, 0.4) is 0 Å². The summed E-state index contributed by atoms with van der Waals surface area (Å²) in [6, 6.07) is 6.89. The number of hydrogen-bond acceptors (Lipinski definition) is 2. The summed E-state index contributed by atoms with van der Waals surface area (Å²) in [5, 5.41) is 0. The lowest BCUT2D eigenvalue weighted by molar-refractivity contribution is 0.566. The monoisotopic (exact) mass is 281 g/mol. The summed E-state index contributed by atoms with van der Waals surface area (Å²) in [6.45, 7) is 6.35. The topological polar surface area (TPSA) is 26.0 Å². The number of nitrogens with two attached hydrogens (primary N) is 1. The van der Waals surface area contributed by atoms with Gasteiger partial charge >= 0.3 is 0 Å². The number of rotatable bonds is 2. The third-order valence-corrected chi connectivity index (χ3v) is 4.56. The van der Waals surface area contributed by atoms with E-state index < -0.39 is 17.7 Å². The minimum Gasteiger partial charge on any atom is -0.320 e. The van der Waals surface area contributed by atoms with Gasteiger partial charge in [-0.3, -0.25) is 0 Å². The molecule has 2 N–H and O–H groups in total. The molecule has 19 heavy (non-hydrogen) atoms. The van der Waals surface area contributed by atoms with E-state index in [4.69, 9.17) is 5.73 Å². The van der Waals surface area contributed by atoms with Gasteiger partial charge in [-0.1, -0.05) is 26.8 Å². The lowest BCUT2D eigenvalue weighted by Gasteiger charge is -2.16. The van der Waals surface area contributed by atoms with E-state index in [2.05, 4.69) is 20.8 Å². The quantitative estimate of drug-likeness (QED) is 0.869. The van der Waals surface area contributed by atoms with Gasteiger partial charge in [0.15, 0.2) is 0 Å². The number of benzene rings is 1. The smallest absolute Gasteiger partial charge is 0.131 e. The van der Waals surface area contributed by atoms with Crippen LogP contribution in [-0.2, 0) is 5.41 Å². The van der Waals surface area contributed by atoms with Crippen molar-refractivity contribution in [3.05, 3.63) is 57.3 Å². The van der Waals surface area contributed by atoms with E-state index >= 15 is 0 Å². The van der Waals surface area contributed by atoms with E-state index in [1.807, 2.05) is 12.1 Å². The molecule has 1 aromatic heterocycles. The molecule has 0 radical (unpaired) electrons. The fourth-order valence-electron chi connectivity index (χ4n) is 1.83. The summed E-state index contributed by atoms with van der Waals surface area (Å²) >= 11 is 1.57. The molecule has 1 aromatic carbocycles. The van der Waals surface area contributed by atoms with Crippen LogP contribution >= 0.6 is 11.3 Å². The normalized spacial score (nSPS) is 13.6. The van der Waals surface area contributed by atoms with E-state index in [-0.39, 0.29) is 5.41 Å². The van der Waals surface area contributed by atoms with E-state index in [1.54, 1.807) is 11.3 Å². The van der Waals surface area contributed by atoms with E-state index in [9.17, 15) is 8.78 Å². The molecule has 2 aromatic rings. The molecule has 1 heterocycles. The first-order chi connectivity index (χ1) is 8.79. The van der Waals surface area contributed by atoms with Gasteiger partial charge < -0.3 is 5.73 Å². The van der Waals surface area contributed by atoms with Gasteiger partial charge in [-0.15, -0.1) is 11.3 Å². The van der Waals surface area contributed by atoms with Crippen molar-refractivity contribution in [2.75, 3.05) is 0 Å². The molecule has 0 spiro atoms. The summed E-state index contributed by atoms with van der Waals surface area (Å²) in [4.78, 5) is 2.08. The summed E-state index contributed by atoms with van der Waals surface area (Å²) in [6.07, 6.45) is 0. The van der Waals surface area contributed by atoms with Gasteiger partial charge in [0.1, 0.15) is 11.6 Å². The first-order valence-electron chi connectivity index (χ1n) is 6.10. The summed E-state index contributed by atoms with van der Waals surface area (Å²) in [5.74, 6) is -1.19. The molecule has 0 aliphatic heterocycles. The van der Waals surface area contributed by atoms with Crippen molar-refractivity contribution in [2.45, 2.75) is 32.2 Å². The standard InChI is InChI=1S/C15H17F2NS/c1-15(2,3)13-7-6-12(19-13)14(18)10-5-4-9(16)8-11(10)17/h4-8,14H,18H2,1-3H3. The van der Waals surface area contributed by atoms with Crippen molar-refractivity contribution in [1.29, 1.82) is 0 Å². The highest BCUT2D eigenvalue weighted by Crippen LogP contribution is 2.34. The Bertz CT molecular complexity index is 584. The number of halogens is 2. The molecule has 1 atom stereocenters. The molecule has 0 aliphatic carbocycles. The van der Waals surface area contributed by atoms with Crippen LogP contribution in [0.25, 0.3) is 0 Å². The maximum absolute atomic E-state index is 13.7. The lowest BCUT2D eigenvalue weighted by Crippen LogP contribution is -2.12. The molecule has 1 unspecified atom stereocenters. The van der Waals surface area contributed by atoms with Gasteiger partial charge in [0.25, 0.3) is 0 Å². The third-order valence-electron chi connectivity index (χ3n) is 2.97. The molecule has 0 saturated carbocycles. The second kappa shape index (κ2) is 5.02. The average molecular weight is 281 g/mol. The van der Waals surface area contributed by atoms with E-state index in [1.165, 1.54) is 17.0 Å². The Balaban J connectivity index is 2.34. The molecule has 0 aliphatic rings. The zero-order chi connectivity index (χ0) is 14.2. The predicted molar refractivity (Wildman–Crippen MR) is 75.4 cm³/mol. The van der Waals surface area contributed by atoms with E-state index in [0.29, 0.717) is 5.56 Å². The fourth-order valence-corrected chi connectivity index (χ4v) is 2.92. The van der Waals surface area contributed by atoms with Gasteiger partial charge in [-0.2, -0.15) is 0 Å². The summed E-state index contributed by atoms with van der Waals surface area (Å²) in [7, 11) is 0. The molecular formula is C15H17F2NS.